The van der Waals surface area contributed by atoms with Crippen LogP contribution in [0.4, 0.5) is 0 Å². The second-order valence-corrected chi connectivity index (χ2v) is 4.83. The molecule has 1 N–H and O–H groups in total. The summed E-state index contributed by atoms with van der Waals surface area (Å²) in [6, 6.07) is 9.92. The lowest BCUT2D eigenvalue weighted by atomic mass is 9.94. The summed E-state index contributed by atoms with van der Waals surface area (Å²) >= 11 is 5.21. The maximum absolute atomic E-state index is 5.56. The van der Waals surface area contributed by atoms with Gasteiger partial charge >= 0.3 is 0 Å². The van der Waals surface area contributed by atoms with E-state index in [1.807, 2.05) is 30.3 Å². The van der Waals surface area contributed by atoms with Crippen molar-refractivity contribution in [1.29, 1.82) is 0 Å². The topological polar surface area (TPSA) is 42.8 Å². The fourth-order valence-electron chi connectivity index (χ4n) is 2.11. The number of ether oxygens (including phenoxy) is 1. The SMILES string of the molecule is CON=C1CCC(NC(=S)Oc2ccccc2)CC1. The first-order valence-electron chi connectivity index (χ1n) is 6.40. The van der Waals surface area contributed by atoms with Crippen molar-refractivity contribution >= 4 is 23.1 Å². The molecule has 0 unspecified atom stereocenters. The van der Waals surface area contributed by atoms with Gasteiger partial charge in [-0.3, -0.25) is 0 Å². The third-order valence-electron chi connectivity index (χ3n) is 3.06. The summed E-state index contributed by atoms with van der Waals surface area (Å²) < 4.78 is 5.56. The Bertz CT molecular complexity index is 438. The molecule has 0 heterocycles. The van der Waals surface area contributed by atoms with E-state index in [4.69, 9.17) is 21.8 Å². The zero-order valence-corrected chi connectivity index (χ0v) is 11.8. The molecular formula is C14H18N2O2S. The van der Waals surface area contributed by atoms with Crippen LogP contribution in [-0.2, 0) is 4.84 Å². The highest BCUT2D eigenvalue weighted by molar-refractivity contribution is 7.80. The molecule has 0 spiro atoms. The van der Waals surface area contributed by atoms with Crippen LogP contribution in [0.1, 0.15) is 25.7 Å². The zero-order chi connectivity index (χ0) is 13.5. The van der Waals surface area contributed by atoms with Crippen LogP contribution in [-0.4, -0.2) is 24.0 Å². The second kappa shape index (κ2) is 7.09. The predicted molar refractivity (Wildman–Crippen MR) is 79.5 cm³/mol. The molecule has 1 aromatic carbocycles. The molecule has 2 rings (SSSR count). The second-order valence-electron chi connectivity index (χ2n) is 4.46. The van der Waals surface area contributed by atoms with Gasteiger partial charge in [0.15, 0.2) is 0 Å². The molecular weight excluding hydrogens is 260 g/mol. The van der Waals surface area contributed by atoms with Crippen LogP contribution in [0.25, 0.3) is 0 Å². The van der Waals surface area contributed by atoms with Crippen LogP contribution in [0.2, 0.25) is 0 Å². The third-order valence-corrected chi connectivity index (χ3v) is 3.26. The first-order chi connectivity index (χ1) is 9.28. The summed E-state index contributed by atoms with van der Waals surface area (Å²) in [5, 5.41) is 7.67. The van der Waals surface area contributed by atoms with Crippen molar-refractivity contribution in [2.24, 2.45) is 5.16 Å². The summed E-state index contributed by atoms with van der Waals surface area (Å²) in [5.41, 5.74) is 1.12. The van der Waals surface area contributed by atoms with Crippen molar-refractivity contribution < 1.29 is 9.57 Å². The van der Waals surface area contributed by atoms with Gasteiger partial charge in [0.05, 0.1) is 5.71 Å². The number of thiocarbonyl (C=S) groups is 1. The summed E-state index contributed by atoms with van der Waals surface area (Å²) in [7, 11) is 1.58. The molecule has 0 saturated heterocycles. The van der Waals surface area contributed by atoms with Gasteiger partial charge in [0.2, 0.25) is 0 Å². The van der Waals surface area contributed by atoms with Crippen molar-refractivity contribution in [2.75, 3.05) is 7.11 Å². The molecule has 0 aromatic heterocycles. The number of nitrogens with one attached hydrogen (secondary N) is 1. The van der Waals surface area contributed by atoms with E-state index in [2.05, 4.69) is 10.5 Å². The summed E-state index contributed by atoms with van der Waals surface area (Å²) in [5.74, 6) is 0.762. The van der Waals surface area contributed by atoms with Gasteiger partial charge in [0.1, 0.15) is 12.9 Å². The Labute approximate surface area is 118 Å². The maximum Gasteiger partial charge on any atom is 0.262 e. The Hall–Kier alpha value is -1.62. The van der Waals surface area contributed by atoms with Crippen LogP contribution in [0.15, 0.2) is 35.5 Å². The van der Waals surface area contributed by atoms with E-state index >= 15 is 0 Å². The first-order valence-corrected chi connectivity index (χ1v) is 6.81. The third kappa shape index (κ3) is 4.52. The maximum atomic E-state index is 5.56. The fraction of sp³-hybridized carbons (Fsp3) is 0.429. The Balaban J connectivity index is 1.76. The highest BCUT2D eigenvalue weighted by atomic mass is 32.1. The number of para-hydroxylation sites is 1. The van der Waals surface area contributed by atoms with E-state index in [1.54, 1.807) is 7.11 Å². The monoisotopic (exact) mass is 278 g/mol. The zero-order valence-electron chi connectivity index (χ0n) is 11.0. The average Bonchev–Trinajstić information content (AvgIpc) is 2.42. The van der Waals surface area contributed by atoms with E-state index in [-0.39, 0.29) is 0 Å². The van der Waals surface area contributed by atoms with Gasteiger partial charge in [0, 0.05) is 6.04 Å². The molecule has 0 bridgehead atoms. The van der Waals surface area contributed by atoms with Crippen LogP contribution in [0, 0.1) is 0 Å². The van der Waals surface area contributed by atoms with Gasteiger partial charge in [-0.05, 0) is 50.0 Å². The summed E-state index contributed by atoms with van der Waals surface area (Å²) in [6.07, 6.45) is 3.89. The Morgan fingerprint density at radius 1 is 1.26 bits per heavy atom. The van der Waals surface area contributed by atoms with E-state index in [1.165, 1.54) is 0 Å². The molecule has 19 heavy (non-hydrogen) atoms. The van der Waals surface area contributed by atoms with E-state index in [0.717, 1.165) is 37.1 Å². The highest BCUT2D eigenvalue weighted by Gasteiger charge is 2.19. The summed E-state index contributed by atoms with van der Waals surface area (Å²) in [4.78, 5) is 4.79. The number of hydrogen-bond donors (Lipinski definition) is 1. The van der Waals surface area contributed by atoms with E-state index in [0.29, 0.717) is 11.2 Å². The largest absolute Gasteiger partial charge is 0.432 e. The molecule has 1 saturated carbocycles. The molecule has 4 nitrogen and oxygen atoms in total. The van der Waals surface area contributed by atoms with Crippen LogP contribution in [0.5, 0.6) is 5.75 Å². The van der Waals surface area contributed by atoms with Crippen molar-refractivity contribution in [1.82, 2.24) is 5.32 Å². The Kier molecular flexibility index (Phi) is 5.15. The van der Waals surface area contributed by atoms with Gasteiger partial charge < -0.3 is 14.9 Å². The van der Waals surface area contributed by atoms with Crippen molar-refractivity contribution in [3.05, 3.63) is 30.3 Å². The van der Waals surface area contributed by atoms with Gasteiger partial charge in [-0.15, -0.1) is 0 Å². The summed E-state index contributed by atoms with van der Waals surface area (Å²) in [6.45, 7) is 0. The molecule has 1 fully saturated rings. The van der Waals surface area contributed by atoms with Gasteiger partial charge in [-0.25, -0.2) is 0 Å². The lowest BCUT2D eigenvalue weighted by Gasteiger charge is -2.24. The molecule has 0 atom stereocenters. The number of nitrogens with zero attached hydrogens (tertiary/aromatic N) is 1. The lowest BCUT2D eigenvalue weighted by Crippen LogP contribution is -2.39. The molecule has 1 aromatic rings. The fourth-order valence-corrected chi connectivity index (χ4v) is 2.37. The quantitative estimate of drug-likeness (QED) is 0.682. The van der Waals surface area contributed by atoms with Crippen molar-refractivity contribution in [3.63, 3.8) is 0 Å². The van der Waals surface area contributed by atoms with Crippen LogP contribution >= 0.6 is 12.2 Å². The van der Waals surface area contributed by atoms with Gasteiger partial charge in [-0.2, -0.15) is 0 Å². The smallest absolute Gasteiger partial charge is 0.262 e. The molecule has 102 valence electrons. The molecule has 0 radical (unpaired) electrons. The van der Waals surface area contributed by atoms with E-state index < -0.39 is 0 Å². The first kappa shape index (κ1) is 13.8. The van der Waals surface area contributed by atoms with Gasteiger partial charge in [0.25, 0.3) is 5.17 Å². The van der Waals surface area contributed by atoms with E-state index in [9.17, 15) is 0 Å². The van der Waals surface area contributed by atoms with Crippen LogP contribution in [0.3, 0.4) is 0 Å². The minimum Gasteiger partial charge on any atom is -0.432 e. The van der Waals surface area contributed by atoms with Crippen LogP contribution < -0.4 is 10.1 Å². The normalized spacial score (nSPS) is 18.6. The van der Waals surface area contributed by atoms with Gasteiger partial charge in [-0.1, -0.05) is 23.4 Å². The minimum absolute atomic E-state index is 0.354. The Morgan fingerprint density at radius 2 is 1.95 bits per heavy atom. The van der Waals surface area contributed by atoms with Crippen molar-refractivity contribution in [2.45, 2.75) is 31.7 Å². The molecule has 1 aliphatic carbocycles. The highest BCUT2D eigenvalue weighted by Crippen LogP contribution is 2.17. The molecule has 1 aliphatic rings. The lowest BCUT2D eigenvalue weighted by molar-refractivity contribution is 0.210. The number of hydrogen-bond acceptors (Lipinski definition) is 4. The molecule has 5 heteroatoms. The number of benzene rings is 1. The number of rotatable bonds is 3. The average molecular weight is 278 g/mol. The molecule has 0 aliphatic heterocycles. The Morgan fingerprint density at radius 3 is 2.58 bits per heavy atom. The molecule has 0 amide bonds. The number of oxime groups is 1. The minimum atomic E-state index is 0.354. The predicted octanol–water partition coefficient (Wildman–Crippen LogP) is 2.88. The van der Waals surface area contributed by atoms with Crippen molar-refractivity contribution in [3.8, 4) is 5.75 Å². The standard InChI is InChI=1S/C14H18N2O2S/c1-17-16-12-9-7-11(8-10-12)15-14(19)18-13-5-3-2-4-6-13/h2-6,11H,7-10H2,1H3,(H,15,19).